The van der Waals surface area contributed by atoms with E-state index in [4.69, 9.17) is 16.7 Å². The van der Waals surface area contributed by atoms with Crippen LogP contribution in [0.2, 0.25) is 0 Å². The van der Waals surface area contributed by atoms with E-state index in [0.29, 0.717) is 16.9 Å². The molecule has 0 bridgehead atoms. The average Bonchev–Trinajstić information content (AvgIpc) is 2.30. The highest BCUT2D eigenvalue weighted by Crippen LogP contribution is 2.32. The third-order valence-electron chi connectivity index (χ3n) is 2.45. The molecule has 5 N–H and O–H groups in total. The normalized spacial score (nSPS) is 10.2. The fourth-order valence-electron chi connectivity index (χ4n) is 1.61. The highest BCUT2D eigenvalue weighted by Gasteiger charge is 2.06. The van der Waals surface area contributed by atoms with Crippen LogP contribution in [0.4, 0.5) is 17.1 Å². The Bertz CT molecular complexity index is 524. The molecule has 0 aliphatic heterocycles. The van der Waals surface area contributed by atoms with E-state index in [1.54, 1.807) is 36.4 Å². The minimum Gasteiger partial charge on any atom is -0.733 e. The second kappa shape index (κ2) is 4.32. The molecule has 0 spiro atoms. The number of nitrogens with zero attached hydrogens (tertiary/aromatic N) is 1. The molecular formula is C12H12N3O2-. The second-order valence-electron chi connectivity index (χ2n) is 3.67. The van der Waals surface area contributed by atoms with Gasteiger partial charge in [-0.05, 0) is 29.8 Å². The Morgan fingerprint density at radius 1 is 0.941 bits per heavy atom. The fourth-order valence-corrected chi connectivity index (χ4v) is 1.61. The molecule has 0 unspecified atom stereocenters. The molecule has 2 rings (SSSR count). The van der Waals surface area contributed by atoms with Crippen molar-refractivity contribution < 1.29 is 5.21 Å². The predicted octanol–water partition coefficient (Wildman–Crippen LogP) is 2.21. The van der Waals surface area contributed by atoms with Gasteiger partial charge in [0.2, 0.25) is 0 Å². The molecular weight excluding hydrogens is 218 g/mol. The van der Waals surface area contributed by atoms with E-state index in [2.05, 4.69) is 0 Å². The summed E-state index contributed by atoms with van der Waals surface area (Å²) in [5.74, 6) is 0. The van der Waals surface area contributed by atoms with Crippen LogP contribution in [0.15, 0.2) is 42.5 Å². The van der Waals surface area contributed by atoms with Crippen LogP contribution in [0, 0.1) is 5.21 Å². The molecule has 5 nitrogen and oxygen atoms in total. The SMILES string of the molecule is Nc1ccc(-c2ccc(N)cc2N([O-])O)cc1. The molecule has 0 saturated heterocycles. The molecule has 2 aromatic rings. The van der Waals surface area contributed by atoms with Gasteiger partial charge in [0.15, 0.2) is 0 Å². The minimum absolute atomic E-state index is 0.106. The Hall–Kier alpha value is -2.24. The molecule has 0 amide bonds. The lowest BCUT2D eigenvalue weighted by molar-refractivity contribution is 0.297. The minimum atomic E-state index is -0.192. The molecule has 17 heavy (non-hydrogen) atoms. The number of benzene rings is 2. The first-order chi connectivity index (χ1) is 8.08. The van der Waals surface area contributed by atoms with Crippen LogP contribution in [0.25, 0.3) is 11.1 Å². The van der Waals surface area contributed by atoms with Gasteiger partial charge in [0.1, 0.15) is 0 Å². The number of hydrogen-bond acceptors (Lipinski definition) is 5. The molecule has 5 heteroatoms. The van der Waals surface area contributed by atoms with Crippen LogP contribution >= 0.6 is 0 Å². The molecule has 0 aliphatic rings. The van der Waals surface area contributed by atoms with Crippen LogP contribution in [0.3, 0.4) is 0 Å². The summed E-state index contributed by atoms with van der Waals surface area (Å²) in [4.78, 5) is 0. The molecule has 0 fully saturated rings. The highest BCUT2D eigenvalue weighted by molar-refractivity contribution is 5.81. The van der Waals surface area contributed by atoms with Crippen molar-refractivity contribution in [2.45, 2.75) is 0 Å². The van der Waals surface area contributed by atoms with E-state index < -0.39 is 0 Å². The third-order valence-corrected chi connectivity index (χ3v) is 2.45. The fraction of sp³-hybridized carbons (Fsp3) is 0. The number of hydrogen-bond donors (Lipinski definition) is 3. The zero-order valence-corrected chi connectivity index (χ0v) is 9.00. The number of rotatable bonds is 2. The van der Waals surface area contributed by atoms with Crippen molar-refractivity contribution in [2.24, 2.45) is 0 Å². The van der Waals surface area contributed by atoms with E-state index in [1.807, 2.05) is 0 Å². The molecule has 0 aromatic heterocycles. The molecule has 88 valence electrons. The van der Waals surface area contributed by atoms with Crippen LogP contribution < -0.4 is 16.7 Å². The standard InChI is InChI=1S/C12H12N3O2/c13-9-3-1-8(2-4-9)11-6-5-10(14)7-12(11)15(16)17/h1-7,16H,13-14H2/q-1. The number of anilines is 3. The van der Waals surface area contributed by atoms with Crippen molar-refractivity contribution in [1.29, 1.82) is 0 Å². The summed E-state index contributed by atoms with van der Waals surface area (Å²) < 4.78 is 0. The average molecular weight is 230 g/mol. The number of nitrogen functional groups attached to an aromatic ring is 2. The van der Waals surface area contributed by atoms with Gasteiger partial charge in [-0.15, -0.1) is 0 Å². The maximum absolute atomic E-state index is 11.1. The van der Waals surface area contributed by atoms with Gasteiger partial charge in [-0.1, -0.05) is 18.2 Å². The van der Waals surface area contributed by atoms with Gasteiger partial charge in [0.25, 0.3) is 0 Å². The summed E-state index contributed by atoms with van der Waals surface area (Å²) in [6, 6.07) is 11.8. The summed E-state index contributed by atoms with van der Waals surface area (Å²) in [5, 5.41) is 19.9. The van der Waals surface area contributed by atoms with Gasteiger partial charge in [0, 0.05) is 16.9 Å². The molecule has 0 heterocycles. The maximum atomic E-state index is 11.1. The molecule has 0 aliphatic carbocycles. The van der Waals surface area contributed by atoms with E-state index in [9.17, 15) is 5.21 Å². The Morgan fingerprint density at radius 2 is 1.53 bits per heavy atom. The van der Waals surface area contributed by atoms with Crippen LogP contribution in [0.5, 0.6) is 0 Å². The van der Waals surface area contributed by atoms with Crippen LogP contribution in [-0.2, 0) is 0 Å². The quantitative estimate of drug-likeness (QED) is 0.542. The van der Waals surface area contributed by atoms with Crippen LogP contribution in [-0.4, -0.2) is 5.21 Å². The summed E-state index contributed by atoms with van der Waals surface area (Å²) in [6.45, 7) is 0. The first-order valence-corrected chi connectivity index (χ1v) is 4.99. The van der Waals surface area contributed by atoms with Gasteiger partial charge in [-0.2, -0.15) is 0 Å². The van der Waals surface area contributed by atoms with Gasteiger partial charge in [0.05, 0.1) is 5.69 Å². The van der Waals surface area contributed by atoms with Crippen molar-refractivity contribution in [3.63, 3.8) is 0 Å². The van der Waals surface area contributed by atoms with Gasteiger partial charge < -0.3 is 21.9 Å². The summed E-state index contributed by atoms with van der Waals surface area (Å²) >= 11 is 0. The van der Waals surface area contributed by atoms with Gasteiger partial charge in [-0.25, -0.2) is 0 Å². The van der Waals surface area contributed by atoms with E-state index in [1.165, 1.54) is 6.07 Å². The largest absolute Gasteiger partial charge is 0.733 e. The second-order valence-corrected chi connectivity index (χ2v) is 3.67. The third kappa shape index (κ3) is 2.30. The smallest absolute Gasteiger partial charge is 0.0607 e. The topological polar surface area (TPSA) is 98.6 Å². The van der Waals surface area contributed by atoms with Crippen molar-refractivity contribution in [1.82, 2.24) is 0 Å². The Balaban J connectivity index is 2.54. The zero-order chi connectivity index (χ0) is 12.4. The Labute approximate surface area is 98.4 Å². The lowest BCUT2D eigenvalue weighted by atomic mass is 10.0. The van der Waals surface area contributed by atoms with Crippen LogP contribution in [0.1, 0.15) is 0 Å². The molecule has 0 atom stereocenters. The van der Waals surface area contributed by atoms with E-state index >= 15 is 0 Å². The lowest BCUT2D eigenvalue weighted by Gasteiger charge is -2.25. The highest BCUT2D eigenvalue weighted by atomic mass is 16.8. The summed E-state index contributed by atoms with van der Waals surface area (Å²) in [5.41, 5.74) is 13.7. The predicted molar refractivity (Wildman–Crippen MR) is 68.3 cm³/mol. The summed E-state index contributed by atoms with van der Waals surface area (Å²) in [6.07, 6.45) is 0. The van der Waals surface area contributed by atoms with Crippen molar-refractivity contribution in [3.8, 4) is 11.1 Å². The van der Waals surface area contributed by atoms with Crippen molar-refractivity contribution in [2.75, 3.05) is 16.7 Å². The molecule has 2 aromatic carbocycles. The van der Waals surface area contributed by atoms with Gasteiger partial charge >= 0.3 is 0 Å². The monoisotopic (exact) mass is 230 g/mol. The van der Waals surface area contributed by atoms with Gasteiger partial charge in [-0.3, -0.25) is 5.21 Å². The molecule has 0 radical (unpaired) electrons. The lowest BCUT2D eigenvalue weighted by Crippen LogP contribution is -2.09. The Morgan fingerprint density at radius 3 is 2.12 bits per heavy atom. The van der Waals surface area contributed by atoms with Crippen molar-refractivity contribution in [3.05, 3.63) is 47.7 Å². The van der Waals surface area contributed by atoms with E-state index in [0.717, 1.165) is 5.56 Å². The Kier molecular flexibility index (Phi) is 2.86. The number of nitrogens with two attached hydrogens (primary N) is 2. The molecule has 0 saturated carbocycles. The van der Waals surface area contributed by atoms with Crippen molar-refractivity contribution >= 4 is 17.1 Å². The first kappa shape index (κ1) is 11.3. The van der Waals surface area contributed by atoms with E-state index in [-0.39, 0.29) is 10.9 Å². The maximum Gasteiger partial charge on any atom is 0.0607 e. The zero-order valence-electron chi connectivity index (χ0n) is 9.00. The summed E-state index contributed by atoms with van der Waals surface area (Å²) in [7, 11) is 0. The first-order valence-electron chi connectivity index (χ1n) is 4.99.